The van der Waals surface area contributed by atoms with Crippen LogP contribution in [0.5, 0.6) is 0 Å². The molecule has 0 saturated heterocycles. The molecule has 138 valence electrons. The maximum absolute atomic E-state index is 13.7. The summed E-state index contributed by atoms with van der Waals surface area (Å²) in [7, 11) is 0. The number of thioether (sulfide) groups is 1. The predicted molar refractivity (Wildman–Crippen MR) is 92.1 cm³/mol. The molecule has 0 saturated carbocycles. The third-order valence-corrected chi connectivity index (χ3v) is 4.09. The zero-order valence-corrected chi connectivity index (χ0v) is 14.2. The van der Waals surface area contributed by atoms with E-state index >= 15 is 0 Å². The number of anilines is 1. The number of aromatic nitrogens is 2. The average Bonchev–Trinajstić information content (AvgIpc) is 3.11. The molecule has 1 amide bonds. The highest BCUT2D eigenvalue weighted by Gasteiger charge is 2.16. The third-order valence-electron chi connectivity index (χ3n) is 3.27. The molecule has 0 aliphatic heterocycles. The first-order valence-corrected chi connectivity index (χ1v) is 8.37. The molecule has 0 fully saturated rings. The topological polar surface area (TPSA) is 111 Å². The number of carbonyl (C=O) groups is 1. The first-order chi connectivity index (χ1) is 12.9. The Labute approximate surface area is 154 Å². The maximum Gasteiger partial charge on any atom is 0.277 e. The Morgan fingerprint density at radius 2 is 1.96 bits per heavy atom. The minimum absolute atomic E-state index is 0.0166. The molecule has 3 rings (SSSR count). The molecule has 11 heteroatoms. The van der Waals surface area contributed by atoms with Gasteiger partial charge in [-0.2, -0.15) is 0 Å². The SMILES string of the molecule is O=C(CSc1nnc(-c2ccccc2F)o1)Nc1cc([N+](=O)[O-])ccc1F. The number of nitrogens with one attached hydrogen (secondary N) is 1. The molecule has 1 heterocycles. The summed E-state index contributed by atoms with van der Waals surface area (Å²) < 4.78 is 32.6. The fourth-order valence-corrected chi connectivity index (χ4v) is 2.61. The van der Waals surface area contributed by atoms with Crippen molar-refractivity contribution >= 4 is 29.0 Å². The van der Waals surface area contributed by atoms with Crippen LogP contribution in [-0.4, -0.2) is 26.8 Å². The van der Waals surface area contributed by atoms with Crippen LogP contribution in [0.3, 0.4) is 0 Å². The summed E-state index contributed by atoms with van der Waals surface area (Å²) in [5, 5.41) is 20.4. The summed E-state index contributed by atoms with van der Waals surface area (Å²) in [4.78, 5) is 21.9. The second kappa shape index (κ2) is 7.91. The smallest absolute Gasteiger partial charge is 0.277 e. The van der Waals surface area contributed by atoms with Crippen molar-refractivity contribution < 1.29 is 22.9 Å². The summed E-state index contributed by atoms with van der Waals surface area (Å²) >= 11 is 0.854. The molecular formula is C16H10F2N4O4S. The van der Waals surface area contributed by atoms with Crippen LogP contribution in [0.1, 0.15) is 0 Å². The normalized spacial score (nSPS) is 10.6. The number of amides is 1. The van der Waals surface area contributed by atoms with E-state index in [0.717, 1.165) is 30.0 Å². The van der Waals surface area contributed by atoms with Gasteiger partial charge in [0.1, 0.15) is 11.6 Å². The number of rotatable bonds is 6. The van der Waals surface area contributed by atoms with Crippen molar-refractivity contribution in [1.82, 2.24) is 10.2 Å². The first-order valence-electron chi connectivity index (χ1n) is 7.39. The second-order valence-electron chi connectivity index (χ2n) is 5.11. The van der Waals surface area contributed by atoms with Crippen molar-refractivity contribution in [3.63, 3.8) is 0 Å². The average molecular weight is 392 g/mol. The lowest BCUT2D eigenvalue weighted by Gasteiger charge is -2.05. The lowest BCUT2D eigenvalue weighted by Crippen LogP contribution is -2.15. The minimum Gasteiger partial charge on any atom is -0.411 e. The lowest BCUT2D eigenvalue weighted by atomic mass is 10.2. The van der Waals surface area contributed by atoms with Crippen molar-refractivity contribution in [2.24, 2.45) is 0 Å². The van der Waals surface area contributed by atoms with Crippen LogP contribution >= 0.6 is 11.8 Å². The van der Waals surface area contributed by atoms with Crippen molar-refractivity contribution in [3.05, 3.63) is 64.2 Å². The molecular weight excluding hydrogens is 382 g/mol. The maximum atomic E-state index is 13.7. The van der Waals surface area contributed by atoms with Gasteiger partial charge in [-0.1, -0.05) is 23.9 Å². The van der Waals surface area contributed by atoms with E-state index in [1.165, 1.54) is 18.2 Å². The Balaban J connectivity index is 1.63. The largest absolute Gasteiger partial charge is 0.411 e. The van der Waals surface area contributed by atoms with E-state index in [1.54, 1.807) is 6.07 Å². The summed E-state index contributed by atoms with van der Waals surface area (Å²) in [5.41, 5.74) is -0.543. The van der Waals surface area contributed by atoms with Crippen LogP contribution in [0.2, 0.25) is 0 Å². The van der Waals surface area contributed by atoms with E-state index in [9.17, 15) is 23.7 Å². The third kappa shape index (κ3) is 4.44. The van der Waals surface area contributed by atoms with Gasteiger partial charge in [0.25, 0.3) is 16.8 Å². The molecule has 1 aromatic heterocycles. The number of nitro groups is 1. The van der Waals surface area contributed by atoms with E-state index in [1.807, 2.05) is 0 Å². The van der Waals surface area contributed by atoms with Gasteiger partial charge < -0.3 is 9.73 Å². The van der Waals surface area contributed by atoms with Crippen LogP contribution in [0.15, 0.2) is 52.1 Å². The van der Waals surface area contributed by atoms with Crippen LogP contribution in [0.25, 0.3) is 11.5 Å². The van der Waals surface area contributed by atoms with E-state index in [0.29, 0.717) is 0 Å². The highest BCUT2D eigenvalue weighted by atomic mass is 32.2. The molecule has 2 aromatic carbocycles. The van der Waals surface area contributed by atoms with Crippen LogP contribution < -0.4 is 5.32 Å². The van der Waals surface area contributed by atoms with E-state index in [2.05, 4.69) is 15.5 Å². The van der Waals surface area contributed by atoms with E-state index < -0.39 is 22.5 Å². The Hall–Kier alpha value is -3.34. The molecule has 3 aromatic rings. The number of non-ortho nitro benzene ring substituents is 1. The number of hydrogen-bond acceptors (Lipinski definition) is 7. The van der Waals surface area contributed by atoms with Crippen LogP contribution in [0.4, 0.5) is 20.2 Å². The molecule has 0 bridgehead atoms. The zero-order valence-electron chi connectivity index (χ0n) is 13.4. The number of benzene rings is 2. The molecule has 0 aliphatic rings. The molecule has 0 atom stereocenters. The van der Waals surface area contributed by atoms with Gasteiger partial charge in [0.2, 0.25) is 5.91 Å². The monoisotopic (exact) mass is 392 g/mol. The highest BCUT2D eigenvalue weighted by Crippen LogP contribution is 2.26. The molecule has 1 N–H and O–H groups in total. The second-order valence-corrected chi connectivity index (χ2v) is 6.04. The molecule has 0 spiro atoms. The Bertz CT molecular complexity index is 1010. The molecule has 0 radical (unpaired) electrons. The number of halogens is 2. The molecule has 0 aliphatic carbocycles. The summed E-state index contributed by atoms with van der Waals surface area (Å²) in [5.74, 6) is -2.23. The van der Waals surface area contributed by atoms with Gasteiger partial charge in [0, 0.05) is 12.1 Å². The molecule has 8 nitrogen and oxygen atoms in total. The summed E-state index contributed by atoms with van der Waals surface area (Å²) in [6.07, 6.45) is 0. The Morgan fingerprint density at radius 3 is 2.70 bits per heavy atom. The zero-order chi connectivity index (χ0) is 19.4. The quantitative estimate of drug-likeness (QED) is 0.387. The predicted octanol–water partition coefficient (Wildman–Crippen LogP) is 3.65. The van der Waals surface area contributed by atoms with Gasteiger partial charge in [-0.05, 0) is 18.2 Å². The van der Waals surface area contributed by atoms with Gasteiger partial charge >= 0.3 is 0 Å². The van der Waals surface area contributed by atoms with E-state index in [-0.39, 0.29) is 33.8 Å². The Morgan fingerprint density at radius 1 is 1.19 bits per heavy atom. The van der Waals surface area contributed by atoms with Gasteiger partial charge in [0.05, 0.1) is 21.9 Å². The lowest BCUT2D eigenvalue weighted by molar-refractivity contribution is -0.384. The number of carbonyl (C=O) groups excluding carboxylic acids is 1. The number of nitro benzene ring substituents is 1. The van der Waals surface area contributed by atoms with Gasteiger partial charge in [-0.25, -0.2) is 8.78 Å². The number of hydrogen-bond donors (Lipinski definition) is 1. The molecule has 27 heavy (non-hydrogen) atoms. The van der Waals surface area contributed by atoms with Crippen molar-refractivity contribution in [3.8, 4) is 11.5 Å². The molecule has 0 unspecified atom stereocenters. The van der Waals surface area contributed by atoms with Gasteiger partial charge in [-0.15, -0.1) is 10.2 Å². The summed E-state index contributed by atoms with van der Waals surface area (Å²) in [6.45, 7) is 0. The van der Waals surface area contributed by atoms with Gasteiger partial charge in [-0.3, -0.25) is 14.9 Å². The number of nitrogens with zero attached hydrogens (tertiary/aromatic N) is 3. The van der Waals surface area contributed by atoms with Crippen LogP contribution in [-0.2, 0) is 4.79 Å². The first kappa shape index (κ1) is 18.5. The van der Waals surface area contributed by atoms with Crippen molar-refractivity contribution in [1.29, 1.82) is 0 Å². The highest BCUT2D eigenvalue weighted by molar-refractivity contribution is 7.99. The van der Waals surface area contributed by atoms with Gasteiger partial charge in [0.15, 0.2) is 0 Å². The van der Waals surface area contributed by atoms with E-state index in [4.69, 9.17) is 4.42 Å². The fraction of sp³-hybridized carbons (Fsp3) is 0.0625. The minimum atomic E-state index is -0.807. The standard InChI is InChI=1S/C16H10F2N4O4S/c17-11-4-2-1-3-10(11)15-20-21-16(26-15)27-8-14(23)19-13-7-9(22(24)25)5-6-12(13)18/h1-7H,8H2,(H,19,23). The van der Waals surface area contributed by atoms with Crippen molar-refractivity contribution in [2.75, 3.05) is 11.1 Å². The Kier molecular flexibility index (Phi) is 5.41. The van der Waals surface area contributed by atoms with Crippen LogP contribution in [0, 0.1) is 21.7 Å². The fourth-order valence-electron chi connectivity index (χ4n) is 2.05. The van der Waals surface area contributed by atoms with Crippen molar-refractivity contribution in [2.45, 2.75) is 5.22 Å². The summed E-state index contributed by atoms with van der Waals surface area (Å²) in [6, 6.07) is 8.63.